The molecule has 2 rings (SSSR count). The molecule has 0 saturated heterocycles. The summed E-state index contributed by atoms with van der Waals surface area (Å²) in [5, 5.41) is 0. The predicted molar refractivity (Wildman–Crippen MR) is 79.6 cm³/mol. The molecule has 9 heteroatoms. The van der Waals surface area contributed by atoms with E-state index in [0.717, 1.165) is 5.56 Å². The highest BCUT2D eigenvalue weighted by Crippen LogP contribution is 2.29. The highest BCUT2D eigenvalue weighted by atomic mass is 32.2. The van der Waals surface area contributed by atoms with E-state index in [-0.39, 0.29) is 12.2 Å². The monoisotopic (exact) mass is 346 g/mol. The number of pyridine rings is 1. The van der Waals surface area contributed by atoms with Gasteiger partial charge in [-0.2, -0.15) is 13.2 Å². The number of alkyl halides is 3. The first kappa shape index (κ1) is 17.1. The molecule has 1 aromatic carbocycles. The van der Waals surface area contributed by atoms with Crippen molar-refractivity contribution in [3.05, 3.63) is 64.1 Å². The van der Waals surface area contributed by atoms with Crippen molar-refractivity contribution in [2.45, 2.75) is 12.6 Å². The van der Waals surface area contributed by atoms with Crippen molar-refractivity contribution < 1.29 is 21.6 Å². The minimum absolute atomic E-state index is 0.174. The van der Waals surface area contributed by atoms with Gasteiger partial charge in [-0.3, -0.25) is 9.52 Å². The summed E-state index contributed by atoms with van der Waals surface area (Å²) in [6.45, 7) is 0. The van der Waals surface area contributed by atoms with Crippen molar-refractivity contribution in [3.63, 3.8) is 0 Å². The van der Waals surface area contributed by atoms with Crippen LogP contribution in [0.3, 0.4) is 0 Å². The minimum Gasteiger partial charge on any atom is -0.327 e. The molecule has 124 valence electrons. The number of anilines is 1. The Bertz CT molecular complexity index is 830. The minimum atomic E-state index is -4.69. The zero-order chi connectivity index (χ0) is 17.1. The van der Waals surface area contributed by atoms with Gasteiger partial charge >= 0.3 is 6.18 Å². The summed E-state index contributed by atoms with van der Waals surface area (Å²) in [7, 11) is -3.95. The van der Waals surface area contributed by atoms with Gasteiger partial charge in [0.15, 0.2) is 0 Å². The largest absolute Gasteiger partial charge is 0.417 e. The highest BCUT2D eigenvalue weighted by Gasteiger charge is 2.31. The van der Waals surface area contributed by atoms with E-state index >= 15 is 0 Å². The van der Waals surface area contributed by atoms with Crippen molar-refractivity contribution in [1.29, 1.82) is 0 Å². The standard InChI is InChI=1S/C14H13F3N2O3S/c15-14(16,17)11-8-12(13(20)18-9-11)19-23(21,22)7-6-10-4-2-1-3-5-10/h1-5,8-9,19H,6-7H2,(H,18,20). The van der Waals surface area contributed by atoms with Gasteiger partial charge in [0.1, 0.15) is 5.69 Å². The van der Waals surface area contributed by atoms with Crippen LogP contribution in [0.4, 0.5) is 18.9 Å². The Balaban J connectivity index is 2.15. The SMILES string of the molecule is O=c1[nH]cc(C(F)(F)F)cc1NS(=O)(=O)CCc1ccccc1. The van der Waals surface area contributed by atoms with Crippen LogP contribution in [0.1, 0.15) is 11.1 Å². The molecule has 0 unspecified atom stereocenters. The summed E-state index contributed by atoms with van der Waals surface area (Å²) >= 11 is 0. The third-order valence-corrected chi connectivity index (χ3v) is 4.27. The molecule has 0 bridgehead atoms. The van der Waals surface area contributed by atoms with Crippen molar-refractivity contribution in [2.75, 3.05) is 10.5 Å². The van der Waals surface area contributed by atoms with E-state index < -0.39 is 33.0 Å². The summed E-state index contributed by atoms with van der Waals surface area (Å²) in [6, 6.07) is 9.19. The second kappa shape index (κ2) is 6.45. The first-order valence-corrected chi connectivity index (χ1v) is 8.17. The molecular weight excluding hydrogens is 333 g/mol. The van der Waals surface area contributed by atoms with Gasteiger partial charge in [-0.15, -0.1) is 0 Å². The predicted octanol–water partition coefficient (Wildman–Crippen LogP) is 2.38. The molecule has 0 fully saturated rings. The van der Waals surface area contributed by atoms with E-state index in [9.17, 15) is 26.4 Å². The second-order valence-corrected chi connectivity index (χ2v) is 6.63. The summed E-state index contributed by atoms with van der Waals surface area (Å²) in [6.07, 6.45) is -4.02. The summed E-state index contributed by atoms with van der Waals surface area (Å²) < 4.78 is 63.6. The van der Waals surface area contributed by atoms with E-state index in [0.29, 0.717) is 12.3 Å². The van der Waals surface area contributed by atoms with Gasteiger partial charge in [0.2, 0.25) is 10.0 Å². The van der Waals surface area contributed by atoms with Crippen LogP contribution in [-0.4, -0.2) is 19.2 Å². The third-order valence-electron chi connectivity index (χ3n) is 3.00. The smallest absolute Gasteiger partial charge is 0.327 e. The average molecular weight is 346 g/mol. The molecule has 0 amide bonds. The molecule has 1 heterocycles. The number of H-pyrrole nitrogens is 1. The lowest BCUT2D eigenvalue weighted by Crippen LogP contribution is -2.24. The lowest BCUT2D eigenvalue weighted by atomic mass is 10.2. The molecule has 0 radical (unpaired) electrons. The molecule has 0 atom stereocenters. The van der Waals surface area contributed by atoms with Crippen LogP contribution in [0, 0.1) is 0 Å². The topological polar surface area (TPSA) is 79.0 Å². The fraction of sp³-hybridized carbons (Fsp3) is 0.214. The van der Waals surface area contributed by atoms with E-state index in [1.807, 2.05) is 9.71 Å². The van der Waals surface area contributed by atoms with Crippen LogP contribution in [0.2, 0.25) is 0 Å². The molecule has 0 aliphatic carbocycles. The number of aromatic amines is 1. The quantitative estimate of drug-likeness (QED) is 0.872. The number of aryl methyl sites for hydroxylation is 1. The molecule has 2 N–H and O–H groups in total. The molecule has 23 heavy (non-hydrogen) atoms. The Morgan fingerprint density at radius 2 is 1.78 bits per heavy atom. The Hall–Kier alpha value is -2.29. The molecule has 5 nitrogen and oxygen atoms in total. The van der Waals surface area contributed by atoms with Gasteiger partial charge in [0, 0.05) is 6.20 Å². The lowest BCUT2D eigenvalue weighted by molar-refractivity contribution is -0.137. The summed E-state index contributed by atoms with van der Waals surface area (Å²) in [5.74, 6) is -0.354. The van der Waals surface area contributed by atoms with Gasteiger partial charge in [-0.25, -0.2) is 8.42 Å². The number of sulfonamides is 1. The maximum absolute atomic E-state index is 12.6. The molecule has 0 saturated carbocycles. The van der Waals surface area contributed by atoms with Crippen LogP contribution >= 0.6 is 0 Å². The van der Waals surface area contributed by atoms with Crippen molar-refractivity contribution in [3.8, 4) is 0 Å². The Morgan fingerprint density at radius 3 is 2.39 bits per heavy atom. The molecule has 0 spiro atoms. The summed E-state index contributed by atoms with van der Waals surface area (Å²) in [5.41, 5.74) is -1.98. The molecule has 2 aromatic rings. The van der Waals surface area contributed by atoms with Crippen molar-refractivity contribution in [2.24, 2.45) is 0 Å². The third kappa shape index (κ3) is 4.85. The zero-order valence-corrected chi connectivity index (χ0v) is 12.5. The summed E-state index contributed by atoms with van der Waals surface area (Å²) in [4.78, 5) is 13.4. The molecule has 0 aliphatic heterocycles. The molecule has 1 aromatic heterocycles. The second-order valence-electron chi connectivity index (χ2n) is 4.79. The van der Waals surface area contributed by atoms with Gasteiger partial charge in [-0.05, 0) is 18.1 Å². The van der Waals surface area contributed by atoms with Crippen LogP contribution in [-0.2, 0) is 22.6 Å². The number of halogens is 3. The van der Waals surface area contributed by atoms with Gasteiger partial charge in [0.25, 0.3) is 5.56 Å². The molecular formula is C14H13F3N2O3S. The Labute approximate surface area is 130 Å². The first-order valence-electron chi connectivity index (χ1n) is 6.52. The van der Waals surface area contributed by atoms with E-state index in [1.54, 1.807) is 30.3 Å². The Kier molecular flexibility index (Phi) is 4.79. The van der Waals surface area contributed by atoms with Crippen molar-refractivity contribution in [1.82, 2.24) is 4.98 Å². The number of rotatable bonds is 5. The fourth-order valence-corrected chi connectivity index (χ4v) is 2.93. The number of nitrogens with one attached hydrogen (secondary N) is 2. The highest BCUT2D eigenvalue weighted by molar-refractivity contribution is 7.92. The number of benzene rings is 1. The van der Waals surface area contributed by atoms with E-state index in [1.165, 1.54) is 0 Å². The normalized spacial score (nSPS) is 12.1. The first-order chi connectivity index (χ1) is 10.7. The lowest BCUT2D eigenvalue weighted by Gasteiger charge is -2.10. The Morgan fingerprint density at radius 1 is 1.13 bits per heavy atom. The van der Waals surface area contributed by atoms with Crippen LogP contribution in [0.5, 0.6) is 0 Å². The van der Waals surface area contributed by atoms with Crippen molar-refractivity contribution >= 4 is 15.7 Å². The van der Waals surface area contributed by atoms with Crippen LogP contribution < -0.4 is 10.3 Å². The van der Waals surface area contributed by atoms with E-state index in [2.05, 4.69) is 0 Å². The van der Waals surface area contributed by atoms with Crippen LogP contribution in [0.15, 0.2) is 47.4 Å². The van der Waals surface area contributed by atoms with Crippen LogP contribution in [0.25, 0.3) is 0 Å². The number of hydrogen-bond donors (Lipinski definition) is 2. The number of hydrogen-bond acceptors (Lipinski definition) is 3. The van der Waals surface area contributed by atoms with Gasteiger partial charge < -0.3 is 4.98 Å². The fourth-order valence-electron chi connectivity index (χ4n) is 1.84. The zero-order valence-electron chi connectivity index (χ0n) is 11.7. The molecule has 0 aliphatic rings. The maximum Gasteiger partial charge on any atom is 0.417 e. The van der Waals surface area contributed by atoms with E-state index in [4.69, 9.17) is 0 Å². The maximum atomic E-state index is 12.6. The number of aromatic nitrogens is 1. The van der Waals surface area contributed by atoms with Gasteiger partial charge in [0.05, 0.1) is 11.3 Å². The average Bonchev–Trinajstić information content (AvgIpc) is 2.47. The van der Waals surface area contributed by atoms with Gasteiger partial charge in [-0.1, -0.05) is 30.3 Å².